The van der Waals surface area contributed by atoms with Crippen molar-refractivity contribution in [3.05, 3.63) is 70.2 Å². The molecule has 0 unspecified atom stereocenters. The van der Waals surface area contributed by atoms with E-state index in [2.05, 4.69) is 10.3 Å². The second-order valence-electron chi connectivity index (χ2n) is 5.65. The predicted molar refractivity (Wildman–Crippen MR) is 106 cm³/mol. The molecule has 3 rings (SSSR count). The highest BCUT2D eigenvalue weighted by atomic mass is 35.5. The van der Waals surface area contributed by atoms with Gasteiger partial charge in [-0.05, 0) is 42.8 Å². The zero-order valence-electron chi connectivity index (χ0n) is 14.4. The highest BCUT2D eigenvalue weighted by Gasteiger charge is 2.10. The van der Waals surface area contributed by atoms with E-state index in [1.165, 1.54) is 11.3 Å². The lowest BCUT2D eigenvalue weighted by Gasteiger charge is -2.06. The molecule has 3 aromatic rings. The number of rotatable bonds is 7. The van der Waals surface area contributed by atoms with Gasteiger partial charge in [0.15, 0.2) is 0 Å². The van der Waals surface area contributed by atoms with E-state index in [-0.39, 0.29) is 12.3 Å². The average Bonchev–Trinajstić information content (AvgIpc) is 3.10. The topological polar surface area (TPSA) is 51.2 Å². The first-order valence-corrected chi connectivity index (χ1v) is 9.59. The Morgan fingerprint density at radius 3 is 2.69 bits per heavy atom. The molecule has 0 fully saturated rings. The third-order valence-electron chi connectivity index (χ3n) is 3.74. The van der Waals surface area contributed by atoms with Crippen LogP contribution in [0.4, 0.5) is 0 Å². The van der Waals surface area contributed by atoms with Crippen LogP contribution in [-0.4, -0.2) is 17.5 Å². The van der Waals surface area contributed by atoms with Crippen molar-refractivity contribution in [3.63, 3.8) is 0 Å². The van der Waals surface area contributed by atoms with Gasteiger partial charge >= 0.3 is 0 Å². The smallest absolute Gasteiger partial charge is 0.226 e. The van der Waals surface area contributed by atoms with Crippen LogP contribution >= 0.6 is 22.9 Å². The van der Waals surface area contributed by atoms with E-state index in [0.29, 0.717) is 18.2 Å². The molecule has 0 saturated heterocycles. The Balaban J connectivity index is 1.57. The first-order valence-electron chi connectivity index (χ1n) is 8.33. The van der Waals surface area contributed by atoms with Gasteiger partial charge in [-0.2, -0.15) is 0 Å². The van der Waals surface area contributed by atoms with Crippen LogP contribution in [0.3, 0.4) is 0 Å². The number of hydrogen-bond donors (Lipinski definition) is 1. The molecule has 0 saturated carbocycles. The van der Waals surface area contributed by atoms with Gasteiger partial charge in [0.2, 0.25) is 5.91 Å². The number of ether oxygens (including phenoxy) is 1. The molecule has 0 bridgehead atoms. The van der Waals surface area contributed by atoms with Crippen molar-refractivity contribution in [2.24, 2.45) is 0 Å². The maximum absolute atomic E-state index is 12.2. The van der Waals surface area contributed by atoms with Gasteiger partial charge in [-0.1, -0.05) is 29.8 Å². The summed E-state index contributed by atoms with van der Waals surface area (Å²) in [6.45, 7) is 3.01. The van der Waals surface area contributed by atoms with E-state index in [1.54, 1.807) is 0 Å². The number of carbonyl (C=O) groups is 1. The van der Waals surface area contributed by atoms with Crippen molar-refractivity contribution in [1.82, 2.24) is 10.3 Å². The molecular weight excluding hydrogens is 368 g/mol. The zero-order valence-corrected chi connectivity index (χ0v) is 15.9. The number of halogens is 1. The molecule has 1 aromatic heterocycles. The van der Waals surface area contributed by atoms with Crippen LogP contribution in [0.5, 0.6) is 5.75 Å². The van der Waals surface area contributed by atoms with Crippen molar-refractivity contribution in [1.29, 1.82) is 0 Å². The number of amides is 1. The maximum atomic E-state index is 12.2. The molecule has 0 spiro atoms. The number of nitrogens with zero attached hydrogens (tertiary/aromatic N) is 1. The van der Waals surface area contributed by atoms with E-state index in [9.17, 15) is 4.79 Å². The molecule has 26 heavy (non-hydrogen) atoms. The Morgan fingerprint density at radius 2 is 1.96 bits per heavy atom. The molecule has 6 heteroatoms. The normalized spacial score (nSPS) is 10.5. The second kappa shape index (κ2) is 8.83. The van der Waals surface area contributed by atoms with E-state index in [1.807, 2.05) is 60.8 Å². The van der Waals surface area contributed by atoms with Crippen LogP contribution < -0.4 is 10.1 Å². The largest absolute Gasteiger partial charge is 0.494 e. The van der Waals surface area contributed by atoms with Gasteiger partial charge in [-0.3, -0.25) is 4.79 Å². The molecule has 0 aliphatic carbocycles. The van der Waals surface area contributed by atoms with Gasteiger partial charge in [0.05, 0.1) is 18.7 Å². The van der Waals surface area contributed by atoms with Crippen LogP contribution in [0.25, 0.3) is 10.6 Å². The highest BCUT2D eigenvalue weighted by Crippen LogP contribution is 2.26. The predicted octanol–water partition coefficient (Wildman–Crippen LogP) is 4.72. The second-order valence-corrected chi connectivity index (χ2v) is 6.91. The lowest BCUT2D eigenvalue weighted by Crippen LogP contribution is -2.24. The third-order valence-corrected chi connectivity index (χ3v) is 5.05. The van der Waals surface area contributed by atoms with Gasteiger partial charge in [-0.25, -0.2) is 4.98 Å². The number of benzene rings is 2. The SMILES string of the molecule is CCOc1ccc(-c2nc(CC(=O)NCc3ccccc3Cl)cs2)cc1. The summed E-state index contributed by atoms with van der Waals surface area (Å²) in [6.07, 6.45) is 0.248. The Morgan fingerprint density at radius 1 is 1.19 bits per heavy atom. The van der Waals surface area contributed by atoms with Crippen LogP contribution in [-0.2, 0) is 17.8 Å². The fraction of sp³-hybridized carbons (Fsp3) is 0.200. The molecule has 2 aromatic carbocycles. The summed E-state index contributed by atoms with van der Waals surface area (Å²) in [4.78, 5) is 16.7. The summed E-state index contributed by atoms with van der Waals surface area (Å²) in [7, 11) is 0. The van der Waals surface area contributed by atoms with Crippen molar-refractivity contribution in [2.75, 3.05) is 6.61 Å². The van der Waals surface area contributed by atoms with Crippen molar-refractivity contribution in [2.45, 2.75) is 19.9 Å². The molecule has 0 aliphatic rings. The van der Waals surface area contributed by atoms with Gasteiger partial charge in [-0.15, -0.1) is 11.3 Å². The van der Waals surface area contributed by atoms with Crippen molar-refractivity contribution < 1.29 is 9.53 Å². The number of thiazole rings is 1. The van der Waals surface area contributed by atoms with E-state index >= 15 is 0 Å². The molecular formula is C20H19ClN2O2S. The number of hydrogen-bond acceptors (Lipinski definition) is 4. The molecule has 134 valence electrons. The van der Waals surface area contributed by atoms with Crippen LogP contribution in [0.1, 0.15) is 18.2 Å². The lowest BCUT2D eigenvalue weighted by molar-refractivity contribution is -0.120. The molecule has 0 aliphatic heterocycles. The van der Waals surface area contributed by atoms with Crippen LogP contribution in [0, 0.1) is 0 Å². The molecule has 1 heterocycles. The lowest BCUT2D eigenvalue weighted by atomic mass is 10.2. The summed E-state index contributed by atoms with van der Waals surface area (Å²) in [5.74, 6) is 0.764. The maximum Gasteiger partial charge on any atom is 0.226 e. The zero-order chi connectivity index (χ0) is 18.4. The first kappa shape index (κ1) is 18.4. The highest BCUT2D eigenvalue weighted by molar-refractivity contribution is 7.13. The summed E-state index contributed by atoms with van der Waals surface area (Å²) >= 11 is 7.63. The minimum absolute atomic E-state index is 0.0755. The minimum atomic E-state index is -0.0755. The molecule has 0 radical (unpaired) electrons. The van der Waals surface area contributed by atoms with Crippen molar-refractivity contribution >= 4 is 28.8 Å². The Labute approximate surface area is 161 Å². The van der Waals surface area contributed by atoms with E-state index in [0.717, 1.165) is 27.6 Å². The van der Waals surface area contributed by atoms with E-state index in [4.69, 9.17) is 16.3 Å². The van der Waals surface area contributed by atoms with Gasteiger partial charge < -0.3 is 10.1 Å². The molecule has 4 nitrogen and oxygen atoms in total. The van der Waals surface area contributed by atoms with E-state index < -0.39 is 0 Å². The van der Waals surface area contributed by atoms with Crippen LogP contribution in [0.2, 0.25) is 5.02 Å². The van der Waals surface area contributed by atoms with Gasteiger partial charge in [0, 0.05) is 22.5 Å². The number of carbonyl (C=O) groups excluding carboxylic acids is 1. The van der Waals surface area contributed by atoms with Crippen LogP contribution in [0.15, 0.2) is 53.9 Å². The van der Waals surface area contributed by atoms with Gasteiger partial charge in [0.25, 0.3) is 0 Å². The monoisotopic (exact) mass is 386 g/mol. The fourth-order valence-electron chi connectivity index (χ4n) is 2.44. The Bertz CT molecular complexity index is 878. The quantitative estimate of drug-likeness (QED) is 0.639. The van der Waals surface area contributed by atoms with Gasteiger partial charge in [0.1, 0.15) is 10.8 Å². The molecule has 1 amide bonds. The molecule has 0 atom stereocenters. The first-order chi connectivity index (χ1) is 12.7. The molecule has 1 N–H and O–H groups in total. The standard InChI is InChI=1S/C20H19ClN2O2S/c1-2-25-17-9-7-14(8-10-17)20-23-16(13-26-20)11-19(24)22-12-15-5-3-4-6-18(15)21/h3-10,13H,2,11-12H2,1H3,(H,22,24). The minimum Gasteiger partial charge on any atom is -0.494 e. The number of aromatic nitrogens is 1. The Hall–Kier alpha value is -2.37. The third kappa shape index (κ3) is 4.84. The Kier molecular flexibility index (Phi) is 6.26. The number of nitrogens with one attached hydrogen (secondary N) is 1. The van der Waals surface area contributed by atoms with Crippen molar-refractivity contribution in [3.8, 4) is 16.3 Å². The summed E-state index contributed by atoms with van der Waals surface area (Å²) in [5, 5.41) is 6.34. The summed E-state index contributed by atoms with van der Waals surface area (Å²) in [6, 6.07) is 15.3. The summed E-state index contributed by atoms with van der Waals surface area (Å²) in [5.41, 5.74) is 2.67. The average molecular weight is 387 g/mol. The fourth-order valence-corrected chi connectivity index (χ4v) is 3.47. The summed E-state index contributed by atoms with van der Waals surface area (Å²) < 4.78 is 5.45.